The van der Waals surface area contributed by atoms with Gasteiger partial charge in [-0.15, -0.1) is 35.7 Å². The molecule has 1 fully saturated rings. The Bertz CT molecular complexity index is 598. The van der Waals surface area contributed by atoms with E-state index in [4.69, 9.17) is 4.74 Å². The summed E-state index contributed by atoms with van der Waals surface area (Å²) >= 11 is 1.51. The maximum absolute atomic E-state index is 13.7. The van der Waals surface area contributed by atoms with Crippen LogP contribution in [0.4, 0.5) is 4.39 Å². The molecule has 1 aliphatic heterocycles. The molecular formula is C21H36FIN4OS. The second-order valence-electron chi connectivity index (χ2n) is 7.22. The lowest BCUT2D eigenvalue weighted by Crippen LogP contribution is -2.49. The fourth-order valence-corrected chi connectivity index (χ4v) is 3.89. The fraction of sp³-hybridized carbons (Fsp3) is 0.667. The lowest BCUT2D eigenvalue weighted by molar-refractivity contribution is 0.0532. The van der Waals surface area contributed by atoms with Crippen molar-refractivity contribution in [3.05, 3.63) is 30.1 Å². The maximum atomic E-state index is 13.7. The summed E-state index contributed by atoms with van der Waals surface area (Å²) in [5.41, 5.74) is 0. The first-order chi connectivity index (χ1) is 13.6. The highest BCUT2D eigenvalue weighted by atomic mass is 127. The number of halogens is 2. The van der Waals surface area contributed by atoms with Crippen LogP contribution in [0.25, 0.3) is 0 Å². The third-order valence-corrected chi connectivity index (χ3v) is 5.62. The zero-order valence-corrected chi connectivity index (χ0v) is 21.0. The van der Waals surface area contributed by atoms with E-state index in [1.54, 1.807) is 6.07 Å². The highest BCUT2D eigenvalue weighted by Crippen LogP contribution is 2.20. The molecule has 8 heteroatoms. The molecule has 29 heavy (non-hydrogen) atoms. The van der Waals surface area contributed by atoms with Gasteiger partial charge in [-0.25, -0.2) is 4.39 Å². The van der Waals surface area contributed by atoms with Gasteiger partial charge in [0, 0.05) is 42.9 Å². The van der Waals surface area contributed by atoms with Crippen molar-refractivity contribution in [2.75, 3.05) is 45.1 Å². The molecular weight excluding hydrogens is 502 g/mol. The number of rotatable bonds is 10. The fourth-order valence-electron chi connectivity index (χ4n) is 3.11. The molecule has 1 saturated heterocycles. The number of guanidine groups is 1. The largest absolute Gasteiger partial charge is 0.377 e. The Morgan fingerprint density at radius 2 is 2.03 bits per heavy atom. The van der Waals surface area contributed by atoms with Crippen molar-refractivity contribution in [1.82, 2.24) is 15.5 Å². The average Bonchev–Trinajstić information content (AvgIpc) is 2.67. The average molecular weight is 539 g/mol. The van der Waals surface area contributed by atoms with Crippen LogP contribution in [0.1, 0.15) is 33.6 Å². The molecule has 1 aliphatic rings. The molecule has 0 amide bonds. The van der Waals surface area contributed by atoms with Crippen LogP contribution in [0.3, 0.4) is 0 Å². The number of hydrogen-bond donors (Lipinski definition) is 2. The summed E-state index contributed by atoms with van der Waals surface area (Å²) < 4.78 is 19.3. The van der Waals surface area contributed by atoms with Crippen LogP contribution in [0, 0.1) is 5.82 Å². The normalized spacial score (nSPS) is 16.0. The predicted molar refractivity (Wildman–Crippen MR) is 132 cm³/mol. The molecule has 2 rings (SSSR count). The Morgan fingerprint density at radius 3 is 2.69 bits per heavy atom. The van der Waals surface area contributed by atoms with Gasteiger partial charge in [0.05, 0.1) is 19.3 Å². The number of hydrogen-bond acceptors (Lipinski definition) is 4. The molecule has 1 aromatic rings. The Balaban J connectivity index is 0.00000420. The van der Waals surface area contributed by atoms with Crippen molar-refractivity contribution in [2.24, 2.45) is 4.99 Å². The second-order valence-corrected chi connectivity index (χ2v) is 8.36. The van der Waals surface area contributed by atoms with E-state index in [-0.39, 0.29) is 29.8 Å². The van der Waals surface area contributed by atoms with E-state index in [1.165, 1.54) is 17.8 Å². The monoisotopic (exact) mass is 538 g/mol. The van der Waals surface area contributed by atoms with Crippen LogP contribution < -0.4 is 10.6 Å². The first kappa shape index (κ1) is 26.5. The van der Waals surface area contributed by atoms with Crippen molar-refractivity contribution >= 4 is 41.7 Å². The van der Waals surface area contributed by atoms with Crippen molar-refractivity contribution in [3.63, 3.8) is 0 Å². The van der Waals surface area contributed by atoms with Crippen LogP contribution in [0.2, 0.25) is 0 Å². The SMILES string of the molecule is CCNC(=NCCSc1ccccc1F)NC1CCN(CCOC(C)C)CC1.I. The number of nitrogens with one attached hydrogen (secondary N) is 2. The van der Waals surface area contributed by atoms with Gasteiger partial charge in [0.2, 0.25) is 0 Å². The number of piperidine rings is 1. The van der Waals surface area contributed by atoms with E-state index in [0.717, 1.165) is 57.3 Å². The summed E-state index contributed by atoms with van der Waals surface area (Å²) in [5.74, 6) is 1.46. The number of ether oxygens (including phenoxy) is 1. The minimum absolute atomic E-state index is 0. The molecule has 0 bridgehead atoms. The number of nitrogens with zero attached hydrogens (tertiary/aromatic N) is 2. The van der Waals surface area contributed by atoms with E-state index in [9.17, 15) is 4.39 Å². The summed E-state index contributed by atoms with van der Waals surface area (Å²) in [6.07, 6.45) is 2.52. The maximum Gasteiger partial charge on any atom is 0.191 e. The van der Waals surface area contributed by atoms with Gasteiger partial charge in [0.25, 0.3) is 0 Å². The van der Waals surface area contributed by atoms with Gasteiger partial charge in [-0.2, -0.15) is 0 Å². The predicted octanol–water partition coefficient (Wildman–Crippen LogP) is 3.98. The van der Waals surface area contributed by atoms with Gasteiger partial charge in [0.15, 0.2) is 5.96 Å². The lowest BCUT2D eigenvalue weighted by atomic mass is 10.1. The van der Waals surface area contributed by atoms with Gasteiger partial charge in [-0.3, -0.25) is 4.99 Å². The lowest BCUT2D eigenvalue weighted by Gasteiger charge is -2.33. The number of likely N-dealkylation sites (tertiary alicyclic amines) is 1. The quantitative estimate of drug-likeness (QED) is 0.155. The van der Waals surface area contributed by atoms with Crippen LogP contribution >= 0.6 is 35.7 Å². The van der Waals surface area contributed by atoms with Crippen LogP contribution in [-0.2, 0) is 4.74 Å². The first-order valence-corrected chi connectivity index (χ1v) is 11.3. The van der Waals surface area contributed by atoms with Gasteiger partial charge in [-0.1, -0.05) is 12.1 Å². The summed E-state index contributed by atoms with van der Waals surface area (Å²) in [6, 6.07) is 7.33. The molecule has 0 aliphatic carbocycles. The number of aliphatic imine (C=N–C) groups is 1. The smallest absolute Gasteiger partial charge is 0.191 e. The van der Waals surface area contributed by atoms with Gasteiger partial charge in [0.1, 0.15) is 5.82 Å². The second kappa shape index (κ2) is 15.3. The van der Waals surface area contributed by atoms with E-state index in [2.05, 4.69) is 41.3 Å². The van der Waals surface area contributed by atoms with Gasteiger partial charge < -0.3 is 20.3 Å². The van der Waals surface area contributed by atoms with E-state index >= 15 is 0 Å². The summed E-state index contributed by atoms with van der Waals surface area (Å²) in [5, 5.41) is 6.88. The van der Waals surface area contributed by atoms with Gasteiger partial charge in [-0.05, 0) is 45.7 Å². The molecule has 5 nitrogen and oxygen atoms in total. The molecule has 0 radical (unpaired) electrons. The minimum Gasteiger partial charge on any atom is -0.377 e. The van der Waals surface area contributed by atoms with Crippen molar-refractivity contribution in [3.8, 4) is 0 Å². The van der Waals surface area contributed by atoms with Crippen LogP contribution in [0.15, 0.2) is 34.2 Å². The Labute approximate surface area is 196 Å². The topological polar surface area (TPSA) is 48.9 Å². The third kappa shape index (κ3) is 10.8. The van der Waals surface area contributed by atoms with E-state index in [1.807, 2.05) is 12.1 Å². The first-order valence-electron chi connectivity index (χ1n) is 10.3. The molecule has 1 aromatic carbocycles. The summed E-state index contributed by atoms with van der Waals surface area (Å²) in [6.45, 7) is 11.7. The van der Waals surface area contributed by atoms with Crippen molar-refractivity contribution in [2.45, 2.75) is 50.7 Å². The molecule has 1 heterocycles. The van der Waals surface area contributed by atoms with Crippen LogP contribution in [0.5, 0.6) is 0 Å². The Morgan fingerprint density at radius 1 is 1.31 bits per heavy atom. The van der Waals surface area contributed by atoms with Crippen LogP contribution in [-0.4, -0.2) is 68.1 Å². The third-order valence-electron chi connectivity index (χ3n) is 4.59. The summed E-state index contributed by atoms with van der Waals surface area (Å²) in [7, 11) is 0. The summed E-state index contributed by atoms with van der Waals surface area (Å²) in [4.78, 5) is 7.81. The highest BCUT2D eigenvalue weighted by Gasteiger charge is 2.19. The standard InChI is InChI=1S/C21H35FN4OS.HI/c1-4-23-21(24-11-16-28-20-8-6-5-7-19(20)22)25-18-9-12-26(13-10-18)14-15-27-17(2)3;/h5-8,17-18H,4,9-16H2,1-3H3,(H2,23,24,25);1H. The van der Waals surface area contributed by atoms with Crippen molar-refractivity contribution in [1.29, 1.82) is 0 Å². The van der Waals surface area contributed by atoms with E-state index in [0.29, 0.717) is 23.6 Å². The minimum atomic E-state index is -0.160. The van der Waals surface area contributed by atoms with Gasteiger partial charge >= 0.3 is 0 Å². The highest BCUT2D eigenvalue weighted by molar-refractivity contribution is 14.0. The Hall–Kier alpha value is -0.580. The molecule has 0 saturated carbocycles. The zero-order chi connectivity index (χ0) is 20.2. The Kier molecular flexibility index (Phi) is 13.9. The number of benzene rings is 1. The molecule has 166 valence electrons. The molecule has 0 atom stereocenters. The molecule has 0 aromatic heterocycles. The molecule has 0 spiro atoms. The van der Waals surface area contributed by atoms with E-state index < -0.39 is 0 Å². The molecule has 0 unspecified atom stereocenters. The molecule has 2 N–H and O–H groups in total. The number of thioether (sulfide) groups is 1. The zero-order valence-electron chi connectivity index (χ0n) is 17.8. The van der Waals surface area contributed by atoms with Crippen molar-refractivity contribution < 1.29 is 9.13 Å².